The fourth-order valence-electron chi connectivity index (χ4n) is 2.20. The van der Waals surface area contributed by atoms with E-state index in [2.05, 4.69) is 42.5 Å². The standard InChI is InChI=1S/C16H22N2OS/c1-12(9-14-5-4-8-20-14)18(2)11-13-6-7-16(19-3)15(17)10-13/h4-8,10,12H,9,11,17H2,1-3H3. The monoisotopic (exact) mass is 290 g/mol. The molecule has 2 N–H and O–H groups in total. The maximum Gasteiger partial charge on any atom is 0.141 e. The van der Waals surface area contributed by atoms with Crippen molar-refractivity contribution in [3.05, 3.63) is 46.2 Å². The Labute approximate surface area is 125 Å². The summed E-state index contributed by atoms with van der Waals surface area (Å²) in [5, 5.41) is 2.13. The molecule has 2 aromatic rings. The molecule has 1 aromatic heterocycles. The van der Waals surface area contributed by atoms with Crippen LogP contribution in [0.2, 0.25) is 0 Å². The lowest BCUT2D eigenvalue weighted by Gasteiger charge is -2.24. The molecule has 0 saturated heterocycles. The van der Waals surface area contributed by atoms with E-state index < -0.39 is 0 Å². The summed E-state index contributed by atoms with van der Waals surface area (Å²) in [4.78, 5) is 3.78. The van der Waals surface area contributed by atoms with Gasteiger partial charge < -0.3 is 10.5 Å². The minimum Gasteiger partial charge on any atom is -0.495 e. The van der Waals surface area contributed by atoms with Gasteiger partial charge in [-0.3, -0.25) is 4.90 Å². The molecule has 4 heteroatoms. The molecule has 0 amide bonds. The highest BCUT2D eigenvalue weighted by Crippen LogP contribution is 2.23. The maximum absolute atomic E-state index is 5.95. The third-order valence-electron chi connectivity index (χ3n) is 3.56. The fourth-order valence-corrected chi connectivity index (χ4v) is 3.03. The van der Waals surface area contributed by atoms with Crippen molar-refractivity contribution < 1.29 is 4.74 Å². The number of nitrogen functional groups attached to an aromatic ring is 1. The fraction of sp³-hybridized carbons (Fsp3) is 0.375. The molecule has 20 heavy (non-hydrogen) atoms. The molecular formula is C16H22N2OS. The van der Waals surface area contributed by atoms with Gasteiger partial charge in [-0.1, -0.05) is 12.1 Å². The first-order valence-electron chi connectivity index (χ1n) is 6.75. The van der Waals surface area contributed by atoms with Crippen LogP contribution in [0.15, 0.2) is 35.7 Å². The summed E-state index contributed by atoms with van der Waals surface area (Å²) >= 11 is 1.82. The van der Waals surface area contributed by atoms with Gasteiger partial charge in [0.25, 0.3) is 0 Å². The summed E-state index contributed by atoms with van der Waals surface area (Å²) in [6, 6.07) is 10.8. The Kier molecular flexibility index (Phi) is 5.04. The van der Waals surface area contributed by atoms with Gasteiger partial charge in [-0.25, -0.2) is 0 Å². The Bertz CT molecular complexity index is 539. The average Bonchev–Trinajstić information content (AvgIpc) is 2.91. The summed E-state index contributed by atoms with van der Waals surface area (Å²) in [6.45, 7) is 3.15. The highest BCUT2D eigenvalue weighted by Gasteiger charge is 2.12. The van der Waals surface area contributed by atoms with Crippen LogP contribution in [0.5, 0.6) is 5.75 Å². The van der Waals surface area contributed by atoms with Crippen LogP contribution in [0.1, 0.15) is 17.4 Å². The van der Waals surface area contributed by atoms with Gasteiger partial charge in [0.1, 0.15) is 5.75 Å². The summed E-state index contributed by atoms with van der Waals surface area (Å²) in [5.41, 5.74) is 7.86. The largest absolute Gasteiger partial charge is 0.495 e. The topological polar surface area (TPSA) is 38.5 Å². The van der Waals surface area contributed by atoms with E-state index in [0.29, 0.717) is 11.7 Å². The minimum absolute atomic E-state index is 0.497. The number of ether oxygens (including phenoxy) is 1. The van der Waals surface area contributed by atoms with Crippen molar-refractivity contribution in [2.45, 2.75) is 25.9 Å². The molecule has 1 aromatic carbocycles. The number of likely N-dealkylation sites (N-methyl/N-ethyl adjacent to an activating group) is 1. The van der Waals surface area contributed by atoms with E-state index in [4.69, 9.17) is 10.5 Å². The van der Waals surface area contributed by atoms with Crippen molar-refractivity contribution >= 4 is 17.0 Å². The highest BCUT2D eigenvalue weighted by molar-refractivity contribution is 7.09. The Morgan fingerprint density at radius 1 is 1.35 bits per heavy atom. The van der Waals surface area contributed by atoms with Crippen molar-refractivity contribution in [1.29, 1.82) is 0 Å². The van der Waals surface area contributed by atoms with Crippen molar-refractivity contribution in [2.24, 2.45) is 0 Å². The van der Waals surface area contributed by atoms with Gasteiger partial charge in [0.2, 0.25) is 0 Å². The Morgan fingerprint density at radius 3 is 2.75 bits per heavy atom. The first kappa shape index (κ1) is 14.9. The van der Waals surface area contributed by atoms with Crippen LogP contribution >= 0.6 is 11.3 Å². The molecule has 0 fully saturated rings. The third-order valence-corrected chi connectivity index (χ3v) is 4.45. The van der Waals surface area contributed by atoms with Crippen LogP contribution in [-0.4, -0.2) is 25.1 Å². The van der Waals surface area contributed by atoms with Crippen LogP contribution in [0, 0.1) is 0 Å². The summed E-state index contributed by atoms with van der Waals surface area (Å²) in [6.07, 6.45) is 1.08. The minimum atomic E-state index is 0.497. The lowest BCUT2D eigenvalue weighted by atomic mass is 10.1. The zero-order valence-electron chi connectivity index (χ0n) is 12.3. The zero-order chi connectivity index (χ0) is 14.5. The normalized spacial score (nSPS) is 12.6. The van der Waals surface area contributed by atoms with E-state index in [1.54, 1.807) is 7.11 Å². The van der Waals surface area contributed by atoms with Gasteiger partial charge in [-0.15, -0.1) is 11.3 Å². The number of hydrogen-bond donors (Lipinski definition) is 1. The van der Waals surface area contributed by atoms with E-state index in [-0.39, 0.29) is 0 Å². The first-order chi connectivity index (χ1) is 9.60. The van der Waals surface area contributed by atoms with Crippen molar-refractivity contribution in [2.75, 3.05) is 19.9 Å². The number of nitrogens with zero attached hydrogens (tertiary/aromatic N) is 1. The molecule has 0 spiro atoms. The predicted octanol–water partition coefficient (Wildman–Crippen LogP) is 3.40. The Morgan fingerprint density at radius 2 is 2.15 bits per heavy atom. The van der Waals surface area contributed by atoms with Gasteiger partial charge in [0, 0.05) is 17.5 Å². The van der Waals surface area contributed by atoms with Gasteiger partial charge in [-0.05, 0) is 49.5 Å². The molecule has 1 unspecified atom stereocenters. The highest BCUT2D eigenvalue weighted by atomic mass is 32.1. The summed E-state index contributed by atoms with van der Waals surface area (Å²) < 4.78 is 5.19. The lowest BCUT2D eigenvalue weighted by molar-refractivity contribution is 0.249. The second-order valence-corrected chi connectivity index (χ2v) is 6.16. The number of anilines is 1. The molecule has 0 bridgehead atoms. The summed E-state index contributed by atoms with van der Waals surface area (Å²) in [7, 11) is 3.79. The van der Waals surface area contributed by atoms with Crippen LogP contribution in [0.25, 0.3) is 0 Å². The molecule has 0 saturated carbocycles. The lowest BCUT2D eigenvalue weighted by Crippen LogP contribution is -2.30. The second kappa shape index (κ2) is 6.77. The number of rotatable bonds is 6. The number of thiophene rings is 1. The molecule has 3 nitrogen and oxygen atoms in total. The van der Waals surface area contributed by atoms with Crippen LogP contribution in [-0.2, 0) is 13.0 Å². The molecule has 0 radical (unpaired) electrons. The van der Waals surface area contributed by atoms with E-state index in [1.807, 2.05) is 23.5 Å². The molecule has 2 rings (SSSR count). The van der Waals surface area contributed by atoms with Crippen LogP contribution < -0.4 is 10.5 Å². The molecule has 0 aliphatic heterocycles. The number of nitrogens with two attached hydrogens (primary N) is 1. The quantitative estimate of drug-likeness (QED) is 0.829. The van der Waals surface area contributed by atoms with Crippen LogP contribution in [0.3, 0.4) is 0 Å². The number of methoxy groups -OCH3 is 1. The molecular weight excluding hydrogens is 268 g/mol. The first-order valence-corrected chi connectivity index (χ1v) is 7.63. The van der Waals surface area contributed by atoms with E-state index >= 15 is 0 Å². The van der Waals surface area contributed by atoms with Gasteiger partial charge in [0.05, 0.1) is 12.8 Å². The van der Waals surface area contributed by atoms with Crippen molar-refractivity contribution in [1.82, 2.24) is 4.90 Å². The second-order valence-electron chi connectivity index (χ2n) is 5.12. The molecule has 0 aliphatic carbocycles. The van der Waals surface area contributed by atoms with Gasteiger partial charge >= 0.3 is 0 Å². The number of benzene rings is 1. The molecule has 1 heterocycles. The van der Waals surface area contributed by atoms with E-state index in [9.17, 15) is 0 Å². The maximum atomic E-state index is 5.95. The molecule has 108 valence electrons. The van der Waals surface area contributed by atoms with E-state index in [0.717, 1.165) is 18.7 Å². The number of hydrogen-bond acceptors (Lipinski definition) is 4. The average molecular weight is 290 g/mol. The SMILES string of the molecule is COc1ccc(CN(C)C(C)Cc2cccs2)cc1N. The molecule has 0 aliphatic rings. The van der Waals surface area contributed by atoms with Crippen molar-refractivity contribution in [3.8, 4) is 5.75 Å². The van der Waals surface area contributed by atoms with E-state index in [1.165, 1.54) is 10.4 Å². The Hall–Kier alpha value is -1.52. The Balaban J connectivity index is 1.96. The predicted molar refractivity (Wildman–Crippen MR) is 86.4 cm³/mol. The van der Waals surface area contributed by atoms with Gasteiger partial charge in [-0.2, -0.15) is 0 Å². The zero-order valence-corrected chi connectivity index (χ0v) is 13.1. The van der Waals surface area contributed by atoms with Crippen molar-refractivity contribution in [3.63, 3.8) is 0 Å². The third kappa shape index (κ3) is 3.74. The van der Waals surface area contributed by atoms with Gasteiger partial charge in [0.15, 0.2) is 0 Å². The smallest absolute Gasteiger partial charge is 0.141 e. The van der Waals surface area contributed by atoms with Crippen LogP contribution in [0.4, 0.5) is 5.69 Å². The molecule has 1 atom stereocenters. The summed E-state index contributed by atoms with van der Waals surface area (Å²) in [5.74, 6) is 0.739.